The maximum absolute atomic E-state index is 11.2. The van der Waals surface area contributed by atoms with Crippen molar-refractivity contribution in [3.63, 3.8) is 0 Å². The number of amides is 1. The van der Waals surface area contributed by atoms with Crippen LogP contribution in [0.5, 0.6) is 0 Å². The van der Waals surface area contributed by atoms with E-state index in [9.17, 15) is 4.79 Å². The molecule has 4 heterocycles. The second-order valence-electron chi connectivity index (χ2n) is 7.19. The number of carbonyl (C=O) groups excluding carboxylic acids is 1. The quantitative estimate of drug-likeness (QED) is 0.505. The summed E-state index contributed by atoms with van der Waals surface area (Å²) in [5, 5.41) is 8.55. The summed E-state index contributed by atoms with van der Waals surface area (Å²) in [6.45, 7) is 2.85. The molecule has 5 rings (SSSR count). The summed E-state index contributed by atoms with van der Waals surface area (Å²) in [4.78, 5) is 20.6. The van der Waals surface area contributed by atoms with Crippen LogP contribution in [0.25, 0.3) is 16.9 Å². The minimum absolute atomic E-state index is 0.0252. The van der Waals surface area contributed by atoms with Crippen LogP contribution in [0, 0.1) is 0 Å². The fraction of sp³-hybridized carbons (Fsp3) is 0.238. The molecule has 0 saturated carbocycles. The molecule has 10 nitrogen and oxygen atoms in total. The van der Waals surface area contributed by atoms with Gasteiger partial charge in [0.05, 0.1) is 37.0 Å². The van der Waals surface area contributed by atoms with E-state index in [0.29, 0.717) is 13.2 Å². The van der Waals surface area contributed by atoms with Crippen molar-refractivity contribution in [1.82, 2.24) is 29.2 Å². The molecule has 0 spiro atoms. The number of fused-ring (bicyclic) bond motifs is 1. The van der Waals surface area contributed by atoms with Gasteiger partial charge in [0, 0.05) is 37.2 Å². The third kappa shape index (κ3) is 3.74. The summed E-state index contributed by atoms with van der Waals surface area (Å²) < 4.78 is 9.04. The van der Waals surface area contributed by atoms with Crippen molar-refractivity contribution >= 4 is 23.1 Å². The zero-order chi connectivity index (χ0) is 21.2. The van der Waals surface area contributed by atoms with Crippen LogP contribution >= 0.6 is 0 Å². The van der Waals surface area contributed by atoms with Gasteiger partial charge in [0.1, 0.15) is 6.54 Å². The summed E-state index contributed by atoms with van der Waals surface area (Å²) in [5.74, 6) is 0.284. The van der Waals surface area contributed by atoms with Gasteiger partial charge >= 0.3 is 0 Å². The normalized spacial score (nSPS) is 14.7. The van der Waals surface area contributed by atoms with Gasteiger partial charge in [-0.05, 0) is 12.1 Å². The van der Waals surface area contributed by atoms with Gasteiger partial charge in [-0.1, -0.05) is 18.2 Å². The van der Waals surface area contributed by atoms with E-state index in [1.807, 2.05) is 28.8 Å². The molecular formula is C21H22N8O2. The lowest BCUT2D eigenvalue weighted by atomic mass is 10.2. The zero-order valence-electron chi connectivity index (χ0n) is 16.8. The summed E-state index contributed by atoms with van der Waals surface area (Å²) in [5.41, 5.74) is 8.64. The number of benzene rings is 1. The van der Waals surface area contributed by atoms with Crippen LogP contribution < -0.4 is 10.7 Å². The molecule has 3 aromatic heterocycles. The molecule has 4 aromatic rings. The van der Waals surface area contributed by atoms with Crippen molar-refractivity contribution in [2.24, 2.45) is 5.73 Å². The molecule has 1 aromatic carbocycles. The fourth-order valence-electron chi connectivity index (χ4n) is 3.75. The summed E-state index contributed by atoms with van der Waals surface area (Å²) >= 11 is 0. The predicted octanol–water partition coefficient (Wildman–Crippen LogP) is 1.46. The topological polar surface area (TPSA) is 107 Å². The number of anilines is 2. The smallest absolute Gasteiger partial charge is 0.239 e. The van der Waals surface area contributed by atoms with E-state index in [-0.39, 0.29) is 6.54 Å². The van der Waals surface area contributed by atoms with Crippen molar-refractivity contribution < 1.29 is 9.53 Å². The Morgan fingerprint density at radius 3 is 2.71 bits per heavy atom. The maximum Gasteiger partial charge on any atom is 0.239 e. The van der Waals surface area contributed by atoms with Crippen LogP contribution in [-0.2, 0) is 16.1 Å². The van der Waals surface area contributed by atoms with Gasteiger partial charge in [0.2, 0.25) is 5.91 Å². The molecule has 2 N–H and O–H groups in total. The average Bonchev–Trinajstić information content (AvgIpc) is 3.45. The molecule has 1 fully saturated rings. The number of aromatic nitrogens is 5. The number of nitrogens with zero attached hydrogens (tertiary/aromatic N) is 7. The number of imidazole rings is 1. The number of hydrazine groups is 1. The molecule has 0 atom stereocenters. The fourth-order valence-corrected chi connectivity index (χ4v) is 3.75. The summed E-state index contributed by atoms with van der Waals surface area (Å²) in [7, 11) is 0. The number of morpholine rings is 1. The van der Waals surface area contributed by atoms with E-state index < -0.39 is 5.91 Å². The molecule has 0 aliphatic carbocycles. The van der Waals surface area contributed by atoms with Crippen molar-refractivity contribution in [2.75, 3.05) is 31.3 Å². The Hall–Kier alpha value is -3.76. The Bertz CT molecular complexity index is 1200. The highest BCUT2D eigenvalue weighted by Crippen LogP contribution is 2.31. The number of hydrogen-bond donors (Lipinski definition) is 1. The zero-order valence-corrected chi connectivity index (χ0v) is 16.8. The maximum atomic E-state index is 11.2. The van der Waals surface area contributed by atoms with Crippen LogP contribution in [0.3, 0.4) is 0 Å². The van der Waals surface area contributed by atoms with Crippen molar-refractivity contribution in [3.8, 4) is 11.3 Å². The van der Waals surface area contributed by atoms with Gasteiger partial charge in [0.25, 0.3) is 0 Å². The third-order valence-electron chi connectivity index (χ3n) is 5.13. The molecule has 0 bridgehead atoms. The van der Waals surface area contributed by atoms with Gasteiger partial charge in [-0.15, -0.1) is 0 Å². The number of carbonyl (C=O) groups is 1. The molecule has 1 saturated heterocycles. The third-order valence-corrected chi connectivity index (χ3v) is 5.13. The Morgan fingerprint density at radius 2 is 1.94 bits per heavy atom. The lowest BCUT2D eigenvalue weighted by Crippen LogP contribution is -2.47. The predicted molar refractivity (Wildman–Crippen MR) is 114 cm³/mol. The highest BCUT2D eigenvalue weighted by atomic mass is 16.5. The molecule has 1 amide bonds. The standard InChI is InChI=1S/C21H22N8O2/c22-19(30)15-26-14-16(12-25-26)18-13-24-21(20-23-6-7-28(18)20)29(17-4-2-1-3-5-17)27-8-10-31-11-9-27/h1-7,12-14H,8-11,15H2,(H2,22,30). The van der Waals surface area contributed by atoms with E-state index in [1.165, 1.54) is 4.68 Å². The van der Waals surface area contributed by atoms with Crippen LogP contribution in [0.4, 0.5) is 11.5 Å². The van der Waals surface area contributed by atoms with Crippen LogP contribution in [0.15, 0.2) is 61.3 Å². The summed E-state index contributed by atoms with van der Waals surface area (Å²) in [6.07, 6.45) is 8.91. The molecular weight excluding hydrogens is 396 g/mol. The largest absolute Gasteiger partial charge is 0.379 e. The van der Waals surface area contributed by atoms with Crippen LogP contribution in [0.2, 0.25) is 0 Å². The summed E-state index contributed by atoms with van der Waals surface area (Å²) in [6, 6.07) is 10.1. The SMILES string of the molecule is NC(=O)Cn1cc(-c2cnc(N(c3ccccc3)N3CCOCC3)c3nccn23)cn1. The first kappa shape index (κ1) is 19.2. The van der Waals surface area contributed by atoms with Gasteiger partial charge in [-0.3, -0.25) is 18.9 Å². The Labute approximate surface area is 178 Å². The number of hydrogen-bond acceptors (Lipinski definition) is 7. The van der Waals surface area contributed by atoms with E-state index in [0.717, 1.165) is 41.5 Å². The lowest BCUT2D eigenvalue weighted by molar-refractivity contribution is -0.118. The average molecular weight is 418 g/mol. The van der Waals surface area contributed by atoms with E-state index in [2.05, 4.69) is 32.2 Å². The first-order chi connectivity index (χ1) is 15.2. The Morgan fingerprint density at radius 1 is 1.13 bits per heavy atom. The highest BCUT2D eigenvalue weighted by molar-refractivity contribution is 5.75. The molecule has 0 radical (unpaired) electrons. The number of primary amides is 1. The van der Waals surface area contributed by atoms with Crippen LogP contribution in [0.1, 0.15) is 0 Å². The minimum atomic E-state index is -0.445. The molecule has 10 heteroatoms. The molecule has 158 valence electrons. The lowest BCUT2D eigenvalue weighted by Gasteiger charge is -2.38. The van der Waals surface area contributed by atoms with Gasteiger partial charge in [-0.25, -0.2) is 15.0 Å². The minimum Gasteiger partial charge on any atom is -0.379 e. The Balaban J connectivity index is 1.60. The van der Waals surface area contributed by atoms with E-state index in [1.54, 1.807) is 24.8 Å². The molecule has 31 heavy (non-hydrogen) atoms. The van der Waals surface area contributed by atoms with Crippen molar-refractivity contribution in [1.29, 1.82) is 0 Å². The van der Waals surface area contributed by atoms with E-state index in [4.69, 9.17) is 15.5 Å². The number of para-hydroxylation sites is 1. The first-order valence-electron chi connectivity index (χ1n) is 10.0. The van der Waals surface area contributed by atoms with Crippen molar-refractivity contribution in [2.45, 2.75) is 6.54 Å². The number of ether oxygens (including phenoxy) is 1. The second kappa shape index (κ2) is 8.17. The Kier molecular flexibility index (Phi) is 5.06. The first-order valence-corrected chi connectivity index (χ1v) is 10.0. The van der Waals surface area contributed by atoms with Crippen LogP contribution in [-0.4, -0.2) is 61.4 Å². The monoisotopic (exact) mass is 418 g/mol. The van der Waals surface area contributed by atoms with Gasteiger partial charge in [-0.2, -0.15) is 5.10 Å². The van der Waals surface area contributed by atoms with Gasteiger partial charge in [0.15, 0.2) is 11.5 Å². The molecule has 0 unspecified atom stereocenters. The number of rotatable bonds is 6. The van der Waals surface area contributed by atoms with Crippen molar-refractivity contribution in [3.05, 3.63) is 61.3 Å². The second-order valence-corrected chi connectivity index (χ2v) is 7.19. The van der Waals surface area contributed by atoms with E-state index >= 15 is 0 Å². The molecule has 1 aliphatic heterocycles. The highest BCUT2D eigenvalue weighted by Gasteiger charge is 2.25. The molecule has 1 aliphatic rings. The van der Waals surface area contributed by atoms with Gasteiger partial charge < -0.3 is 10.5 Å². The number of nitrogens with two attached hydrogens (primary N) is 1.